The minimum atomic E-state index is 0.772. The van der Waals surface area contributed by atoms with Crippen molar-refractivity contribution in [3.05, 3.63) is 23.5 Å². The highest BCUT2D eigenvalue weighted by Gasteiger charge is 2.13. The van der Waals surface area contributed by atoms with Gasteiger partial charge in [0.2, 0.25) is 0 Å². The number of hydrogen-bond donors (Lipinski definition) is 0. The molecule has 0 fully saturated rings. The van der Waals surface area contributed by atoms with E-state index >= 15 is 0 Å². The Kier molecular flexibility index (Phi) is 1.36. The molecule has 0 aliphatic heterocycles. The van der Waals surface area contributed by atoms with Crippen LogP contribution in [-0.2, 0) is 0 Å². The van der Waals surface area contributed by atoms with E-state index in [-0.39, 0.29) is 0 Å². The van der Waals surface area contributed by atoms with E-state index in [0.717, 1.165) is 23.1 Å². The average molecular weight is 164 g/mol. The summed E-state index contributed by atoms with van der Waals surface area (Å²) in [5.41, 5.74) is 0.817. The molecule has 2 aromatic heterocycles. The second kappa shape index (κ2) is 2.27. The van der Waals surface area contributed by atoms with Gasteiger partial charge in [0.05, 0.1) is 6.07 Å². The van der Waals surface area contributed by atoms with Crippen molar-refractivity contribution in [1.82, 2.24) is 9.97 Å². The molecule has 0 bridgehead atoms. The summed E-state index contributed by atoms with van der Waals surface area (Å²) < 4.78 is 6.97. The quantitative estimate of drug-likeness (QED) is 0.539. The number of rotatable bonds is 0. The van der Waals surface area contributed by atoms with Crippen LogP contribution >= 0.6 is 0 Å². The van der Waals surface area contributed by atoms with E-state index in [0.29, 0.717) is 0 Å². The van der Waals surface area contributed by atoms with E-state index in [9.17, 15) is 0 Å². The molecule has 2 aromatic rings. The van der Waals surface area contributed by atoms with Crippen molar-refractivity contribution in [2.75, 3.05) is 0 Å². The zero-order chi connectivity index (χ0) is 8.72. The van der Waals surface area contributed by atoms with Crippen LogP contribution in [0.2, 0.25) is 0 Å². The van der Waals surface area contributed by atoms with Gasteiger partial charge in [-0.3, -0.25) is 0 Å². The van der Waals surface area contributed by atoms with Crippen LogP contribution in [-0.4, -0.2) is 9.97 Å². The van der Waals surface area contributed by atoms with Gasteiger partial charge in [-0.1, -0.05) is 9.97 Å². The number of aryl methyl sites for hydroxylation is 3. The molecule has 0 aliphatic rings. The van der Waals surface area contributed by atoms with E-state index in [1.807, 2.05) is 26.8 Å². The molecule has 0 saturated carbocycles. The zero-order valence-electron chi connectivity index (χ0n) is 7.33. The first-order valence-electron chi connectivity index (χ1n) is 3.81. The fourth-order valence-electron chi connectivity index (χ4n) is 1.24. The zero-order valence-corrected chi connectivity index (χ0v) is 7.33. The van der Waals surface area contributed by atoms with Crippen molar-refractivity contribution in [3.63, 3.8) is 0 Å². The van der Waals surface area contributed by atoms with Crippen LogP contribution in [0.5, 0.6) is 0 Å². The highest BCUT2D eigenvalue weighted by Crippen LogP contribution is 2.00. The molecule has 4 nitrogen and oxygen atoms in total. The van der Waals surface area contributed by atoms with Crippen LogP contribution in [0.25, 0.3) is 5.65 Å². The Labute approximate surface area is 69.8 Å². The van der Waals surface area contributed by atoms with E-state index in [2.05, 4.69) is 9.97 Å². The molecule has 2 rings (SSSR count). The lowest BCUT2D eigenvalue weighted by Crippen LogP contribution is -2.26. The van der Waals surface area contributed by atoms with Gasteiger partial charge in [-0.25, -0.2) is 0 Å². The van der Waals surface area contributed by atoms with Crippen LogP contribution in [0.4, 0.5) is 0 Å². The Bertz CT molecular complexity index is 433. The summed E-state index contributed by atoms with van der Waals surface area (Å²) in [7, 11) is 0. The summed E-state index contributed by atoms with van der Waals surface area (Å²) in [6.45, 7) is 5.66. The summed E-state index contributed by atoms with van der Waals surface area (Å²) in [6, 6.07) is 1.89. The van der Waals surface area contributed by atoms with E-state index in [1.165, 1.54) is 0 Å². The van der Waals surface area contributed by atoms with Gasteiger partial charge in [-0.15, -0.1) is 0 Å². The lowest BCUT2D eigenvalue weighted by Gasteiger charge is -1.86. The van der Waals surface area contributed by atoms with Crippen LogP contribution in [0.3, 0.4) is 0 Å². The van der Waals surface area contributed by atoms with Crippen molar-refractivity contribution >= 4 is 5.65 Å². The minimum Gasteiger partial charge on any atom is -0.322 e. The predicted molar refractivity (Wildman–Crippen MR) is 41.7 cm³/mol. The van der Waals surface area contributed by atoms with Crippen molar-refractivity contribution in [3.8, 4) is 0 Å². The van der Waals surface area contributed by atoms with Gasteiger partial charge in [-0.2, -0.15) is 0 Å². The molecule has 0 N–H and O–H groups in total. The Morgan fingerprint density at radius 3 is 2.75 bits per heavy atom. The molecule has 2 heterocycles. The highest BCUT2D eigenvalue weighted by atomic mass is 16.5. The molecule has 0 saturated heterocycles. The van der Waals surface area contributed by atoms with Crippen molar-refractivity contribution in [2.24, 2.45) is 0 Å². The topological polar surface area (TPSA) is 43.0 Å². The number of aromatic nitrogens is 3. The lowest BCUT2D eigenvalue weighted by atomic mass is 10.5. The monoisotopic (exact) mass is 164 g/mol. The first-order chi connectivity index (χ1) is 5.66. The number of fused-ring (bicyclic) bond motifs is 1. The molecular formula is C8H10N3O+. The lowest BCUT2D eigenvalue weighted by molar-refractivity contribution is -0.727. The molecule has 0 aromatic carbocycles. The van der Waals surface area contributed by atoms with Crippen molar-refractivity contribution in [2.45, 2.75) is 20.8 Å². The predicted octanol–water partition coefficient (Wildman–Crippen LogP) is 0.734. The molecule has 0 radical (unpaired) electrons. The highest BCUT2D eigenvalue weighted by molar-refractivity contribution is 5.28. The smallest absolute Gasteiger partial charge is 0.308 e. The standard InChI is InChI=1S/C8H10N3O/c1-5-4-8-10-6(2)9-7(3)11(8)12-5/h4H,1-3H3/q+1. The first-order valence-corrected chi connectivity index (χ1v) is 3.81. The summed E-state index contributed by atoms with van der Waals surface area (Å²) in [5.74, 6) is 2.44. The van der Waals surface area contributed by atoms with Gasteiger partial charge in [0.1, 0.15) is 0 Å². The Morgan fingerprint density at radius 1 is 1.25 bits per heavy atom. The minimum absolute atomic E-state index is 0.772. The van der Waals surface area contributed by atoms with E-state index in [1.54, 1.807) is 4.57 Å². The molecular weight excluding hydrogens is 154 g/mol. The summed E-state index contributed by atoms with van der Waals surface area (Å²) in [5, 5.41) is 0. The fourth-order valence-corrected chi connectivity index (χ4v) is 1.24. The first kappa shape index (κ1) is 7.21. The molecule has 12 heavy (non-hydrogen) atoms. The summed E-state index contributed by atoms with van der Waals surface area (Å²) in [6.07, 6.45) is 0. The SMILES string of the molecule is Cc1nc(C)[n+]2oc(C)cc2n1. The van der Waals surface area contributed by atoms with Crippen LogP contribution in [0.15, 0.2) is 10.6 Å². The van der Waals surface area contributed by atoms with E-state index < -0.39 is 0 Å². The molecule has 62 valence electrons. The second-order valence-corrected chi connectivity index (χ2v) is 2.82. The third kappa shape index (κ3) is 0.958. The Morgan fingerprint density at radius 2 is 2.00 bits per heavy atom. The van der Waals surface area contributed by atoms with Crippen molar-refractivity contribution in [1.29, 1.82) is 0 Å². The molecule has 4 heteroatoms. The molecule has 0 spiro atoms. The number of nitrogens with zero attached hydrogens (tertiary/aromatic N) is 3. The van der Waals surface area contributed by atoms with Crippen LogP contribution in [0.1, 0.15) is 17.4 Å². The van der Waals surface area contributed by atoms with E-state index in [4.69, 9.17) is 4.52 Å². The second-order valence-electron chi connectivity index (χ2n) is 2.82. The fraction of sp³-hybridized carbons (Fsp3) is 0.375. The van der Waals surface area contributed by atoms with Gasteiger partial charge in [0.15, 0.2) is 5.76 Å². The van der Waals surface area contributed by atoms with Crippen LogP contribution < -0.4 is 4.57 Å². The number of hydrogen-bond acceptors (Lipinski definition) is 3. The van der Waals surface area contributed by atoms with Gasteiger partial charge in [0.25, 0.3) is 11.6 Å². The Balaban J connectivity index is 2.88. The third-order valence-corrected chi connectivity index (χ3v) is 1.67. The third-order valence-electron chi connectivity index (χ3n) is 1.67. The Hall–Kier alpha value is -1.45. The molecule has 0 unspecified atom stereocenters. The average Bonchev–Trinajstić information content (AvgIpc) is 2.29. The maximum Gasteiger partial charge on any atom is 0.308 e. The largest absolute Gasteiger partial charge is 0.322 e. The normalized spacial score (nSPS) is 10.9. The maximum absolute atomic E-state index is 5.35. The maximum atomic E-state index is 5.35. The summed E-state index contributed by atoms with van der Waals surface area (Å²) in [4.78, 5) is 8.39. The molecule has 0 atom stereocenters. The van der Waals surface area contributed by atoms with Gasteiger partial charge in [0, 0.05) is 13.8 Å². The van der Waals surface area contributed by atoms with Gasteiger partial charge >= 0.3 is 5.65 Å². The molecule has 0 aliphatic carbocycles. The molecule has 0 amide bonds. The van der Waals surface area contributed by atoms with Crippen LogP contribution in [0, 0.1) is 20.8 Å². The van der Waals surface area contributed by atoms with Gasteiger partial charge < -0.3 is 4.52 Å². The van der Waals surface area contributed by atoms with Gasteiger partial charge in [-0.05, 0) is 11.5 Å². The summed E-state index contributed by atoms with van der Waals surface area (Å²) >= 11 is 0. The van der Waals surface area contributed by atoms with Crippen molar-refractivity contribution < 1.29 is 9.10 Å².